The van der Waals surface area contributed by atoms with E-state index in [1.807, 2.05) is 24.3 Å². The molecular formula is C20H25FN2O. The number of nitrogens with one attached hydrogen (secondary N) is 1. The van der Waals surface area contributed by atoms with Gasteiger partial charge in [-0.25, -0.2) is 4.39 Å². The summed E-state index contributed by atoms with van der Waals surface area (Å²) < 4.78 is 12.8. The van der Waals surface area contributed by atoms with E-state index in [0.29, 0.717) is 18.5 Å². The van der Waals surface area contributed by atoms with Gasteiger partial charge in [-0.15, -0.1) is 0 Å². The number of rotatable bonds is 8. The average Bonchev–Trinajstić information content (AvgIpc) is 2.61. The van der Waals surface area contributed by atoms with Crippen molar-refractivity contribution in [1.82, 2.24) is 10.2 Å². The predicted octanol–water partition coefficient (Wildman–Crippen LogP) is 3.64. The smallest absolute Gasteiger partial charge is 0.251 e. The second kappa shape index (κ2) is 9.18. The van der Waals surface area contributed by atoms with Crippen LogP contribution in [0, 0.1) is 5.82 Å². The Kier molecular flexibility index (Phi) is 6.94. The van der Waals surface area contributed by atoms with Crippen LogP contribution in [0.1, 0.15) is 35.3 Å². The van der Waals surface area contributed by atoms with Gasteiger partial charge in [-0.05, 0) is 54.9 Å². The lowest BCUT2D eigenvalue weighted by Gasteiger charge is -2.18. The van der Waals surface area contributed by atoms with Crippen molar-refractivity contribution in [3.63, 3.8) is 0 Å². The van der Waals surface area contributed by atoms with Crippen molar-refractivity contribution < 1.29 is 9.18 Å². The molecule has 3 nitrogen and oxygen atoms in total. The van der Waals surface area contributed by atoms with Crippen LogP contribution in [0.25, 0.3) is 0 Å². The topological polar surface area (TPSA) is 32.3 Å². The molecular weight excluding hydrogens is 303 g/mol. The van der Waals surface area contributed by atoms with Crippen molar-refractivity contribution in [2.75, 3.05) is 19.6 Å². The molecule has 0 unspecified atom stereocenters. The Morgan fingerprint density at radius 3 is 2.12 bits per heavy atom. The number of halogens is 1. The molecule has 0 saturated carbocycles. The Morgan fingerprint density at radius 2 is 1.54 bits per heavy atom. The Hall–Kier alpha value is -2.20. The number of benzene rings is 2. The lowest BCUT2D eigenvalue weighted by atomic mass is 10.1. The van der Waals surface area contributed by atoms with Gasteiger partial charge in [0.15, 0.2) is 0 Å². The van der Waals surface area contributed by atoms with Crippen LogP contribution in [0.15, 0.2) is 48.5 Å². The molecule has 0 aliphatic rings. The summed E-state index contributed by atoms with van der Waals surface area (Å²) in [4.78, 5) is 14.5. The van der Waals surface area contributed by atoms with E-state index >= 15 is 0 Å². The summed E-state index contributed by atoms with van der Waals surface area (Å²) in [6.45, 7) is 7.76. The first-order valence-electron chi connectivity index (χ1n) is 8.46. The molecule has 2 aromatic carbocycles. The fraction of sp³-hybridized carbons (Fsp3) is 0.350. The Balaban J connectivity index is 1.82. The highest BCUT2D eigenvalue weighted by Gasteiger charge is 2.06. The van der Waals surface area contributed by atoms with E-state index in [0.717, 1.165) is 25.2 Å². The zero-order valence-corrected chi connectivity index (χ0v) is 14.4. The van der Waals surface area contributed by atoms with E-state index in [4.69, 9.17) is 0 Å². The van der Waals surface area contributed by atoms with Crippen LogP contribution in [-0.2, 0) is 13.0 Å². The molecule has 1 amide bonds. The van der Waals surface area contributed by atoms with Crippen LogP contribution in [0.3, 0.4) is 0 Å². The van der Waals surface area contributed by atoms with E-state index in [1.54, 1.807) is 12.1 Å². The zero-order valence-electron chi connectivity index (χ0n) is 14.4. The van der Waals surface area contributed by atoms with Crippen molar-refractivity contribution in [1.29, 1.82) is 0 Å². The van der Waals surface area contributed by atoms with E-state index in [1.165, 1.54) is 17.7 Å². The summed E-state index contributed by atoms with van der Waals surface area (Å²) in [6, 6.07) is 14.1. The standard InChI is InChI=1S/C20H25FN2O/c1-3-23(4-2)15-17-5-9-18(10-6-17)20(24)22-14-13-16-7-11-19(21)12-8-16/h5-12H,3-4,13-15H2,1-2H3,(H,22,24). The summed E-state index contributed by atoms with van der Waals surface area (Å²) in [5.74, 6) is -0.320. The van der Waals surface area contributed by atoms with Crippen LogP contribution in [-0.4, -0.2) is 30.4 Å². The van der Waals surface area contributed by atoms with Gasteiger partial charge in [0.2, 0.25) is 0 Å². The molecule has 0 atom stereocenters. The van der Waals surface area contributed by atoms with Gasteiger partial charge in [-0.2, -0.15) is 0 Å². The minimum absolute atomic E-state index is 0.0773. The summed E-state index contributed by atoms with van der Waals surface area (Å²) >= 11 is 0. The highest BCUT2D eigenvalue weighted by Crippen LogP contribution is 2.08. The van der Waals surface area contributed by atoms with Crippen LogP contribution < -0.4 is 5.32 Å². The van der Waals surface area contributed by atoms with E-state index in [2.05, 4.69) is 24.1 Å². The van der Waals surface area contributed by atoms with E-state index < -0.39 is 0 Å². The van der Waals surface area contributed by atoms with Crippen molar-refractivity contribution in [3.8, 4) is 0 Å². The lowest BCUT2D eigenvalue weighted by molar-refractivity contribution is 0.0954. The van der Waals surface area contributed by atoms with Gasteiger partial charge in [-0.1, -0.05) is 38.1 Å². The highest BCUT2D eigenvalue weighted by atomic mass is 19.1. The van der Waals surface area contributed by atoms with Crippen LogP contribution in [0.4, 0.5) is 4.39 Å². The monoisotopic (exact) mass is 328 g/mol. The maximum absolute atomic E-state index is 12.8. The molecule has 0 heterocycles. The minimum atomic E-state index is -0.243. The van der Waals surface area contributed by atoms with Gasteiger partial charge in [-0.3, -0.25) is 9.69 Å². The number of nitrogens with zero attached hydrogens (tertiary/aromatic N) is 1. The molecule has 0 saturated heterocycles. The van der Waals surface area contributed by atoms with Crippen molar-refractivity contribution >= 4 is 5.91 Å². The van der Waals surface area contributed by atoms with Gasteiger partial charge >= 0.3 is 0 Å². The van der Waals surface area contributed by atoms with Crippen molar-refractivity contribution in [3.05, 3.63) is 71.0 Å². The maximum Gasteiger partial charge on any atom is 0.251 e. The number of hydrogen-bond acceptors (Lipinski definition) is 2. The molecule has 0 radical (unpaired) electrons. The lowest BCUT2D eigenvalue weighted by Crippen LogP contribution is -2.26. The molecule has 1 N–H and O–H groups in total. The highest BCUT2D eigenvalue weighted by molar-refractivity contribution is 5.94. The Bertz CT molecular complexity index is 634. The number of carbonyl (C=O) groups is 1. The summed E-state index contributed by atoms with van der Waals surface area (Å²) in [5.41, 5.74) is 2.88. The molecule has 0 spiro atoms. The molecule has 0 aliphatic carbocycles. The molecule has 2 aromatic rings. The minimum Gasteiger partial charge on any atom is -0.352 e. The third kappa shape index (κ3) is 5.46. The molecule has 24 heavy (non-hydrogen) atoms. The third-order valence-electron chi connectivity index (χ3n) is 4.13. The van der Waals surface area contributed by atoms with E-state index in [-0.39, 0.29) is 11.7 Å². The number of carbonyl (C=O) groups excluding carboxylic acids is 1. The fourth-order valence-electron chi connectivity index (χ4n) is 2.54. The molecule has 4 heteroatoms. The second-order valence-electron chi connectivity index (χ2n) is 5.79. The normalized spacial score (nSPS) is 10.8. The van der Waals surface area contributed by atoms with Crippen LogP contribution in [0.2, 0.25) is 0 Å². The fourth-order valence-corrected chi connectivity index (χ4v) is 2.54. The molecule has 0 aromatic heterocycles. The van der Waals surface area contributed by atoms with Gasteiger partial charge < -0.3 is 5.32 Å². The predicted molar refractivity (Wildman–Crippen MR) is 95.5 cm³/mol. The first-order valence-corrected chi connectivity index (χ1v) is 8.46. The Labute approximate surface area is 143 Å². The zero-order chi connectivity index (χ0) is 17.4. The SMILES string of the molecule is CCN(CC)Cc1ccc(C(=O)NCCc2ccc(F)cc2)cc1. The van der Waals surface area contributed by atoms with Crippen LogP contribution in [0.5, 0.6) is 0 Å². The Morgan fingerprint density at radius 1 is 0.958 bits per heavy atom. The summed E-state index contributed by atoms with van der Waals surface area (Å²) in [7, 11) is 0. The van der Waals surface area contributed by atoms with E-state index in [9.17, 15) is 9.18 Å². The summed E-state index contributed by atoms with van der Waals surface area (Å²) in [5, 5.41) is 2.90. The second-order valence-corrected chi connectivity index (χ2v) is 5.79. The molecule has 128 valence electrons. The maximum atomic E-state index is 12.8. The number of amides is 1. The first kappa shape index (κ1) is 18.1. The summed E-state index contributed by atoms with van der Waals surface area (Å²) in [6.07, 6.45) is 0.687. The van der Waals surface area contributed by atoms with Gasteiger partial charge in [0, 0.05) is 18.7 Å². The van der Waals surface area contributed by atoms with Crippen molar-refractivity contribution in [2.24, 2.45) is 0 Å². The molecule has 2 rings (SSSR count). The van der Waals surface area contributed by atoms with Gasteiger partial charge in [0.05, 0.1) is 0 Å². The largest absolute Gasteiger partial charge is 0.352 e. The molecule has 0 aliphatic heterocycles. The number of hydrogen-bond donors (Lipinski definition) is 1. The average molecular weight is 328 g/mol. The molecule has 0 bridgehead atoms. The van der Waals surface area contributed by atoms with Gasteiger partial charge in [0.1, 0.15) is 5.82 Å². The van der Waals surface area contributed by atoms with Crippen molar-refractivity contribution in [2.45, 2.75) is 26.8 Å². The molecule has 0 fully saturated rings. The van der Waals surface area contributed by atoms with Crippen LogP contribution >= 0.6 is 0 Å². The third-order valence-corrected chi connectivity index (χ3v) is 4.13. The van der Waals surface area contributed by atoms with Gasteiger partial charge in [0.25, 0.3) is 5.91 Å². The first-order chi connectivity index (χ1) is 11.6. The quantitative estimate of drug-likeness (QED) is 0.802.